The van der Waals surface area contributed by atoms with Crippen molar-refractivity contribution in [3.8, 4) is 5.75 Å². The predicted octanol–water partition coefficient (Wildman–Crippen LogP) is 5.65. The summed E-state index contributed by atoms with van der Waals surface area (Å²) in [5, 5.41) is 0. The lowest BCUT2D eigenvalue weighted by molar-refractivity contribution is -0.133. The molecule has 0 saturated carbocycles. The van der Waals surface area contributed by atoms with E-state index in [4.69, 9.17) is 4.74 Å². The van der Waals surface area contributed by atoms with Crippen molar-refractivity contribution in [1.29, 1.82) is 0 Å². The first-order valence-electron chi connectivity index (χ1n) is 16.0. The van der Waals surface area contributed by atoms with E-state index in [0.717, 1.165) is 49.2 Å². The van der Waals surface area contributed by atoms with Crippen LogP contribution >= 0.6 is 0 Å². The van der Waals surface area contributed by atoms with Crippen molar-refractivity contribution in [2.45, 2.75) is 38.6 Å². The van der Waals surface area contributed by atoms with Crippen molar-refractivity contribution in [1.82, 2.24) is 19.8 Å². The van der Waals surface area contributed by atoms with Gasteiger partial charge in [0.2, 0.25) is 5.91 Å². The molecule has 232 valence electrons. The molecular formula is C37H41N5O3. The molecule has 8 nitrogen and oxygen atoms in total. The Balaban J connectivity index is 1.24. The van der Waals surface area contributed by atoms with Gasteiger partial charge in [-0.1, -0.05) is 72.8 Å². The number of amides is 2. The maximum atomic E-state index is 14.2. The minimum atomic E-state index is -0.106. The zero-order valence-electron chi connectivity index (χ0n) is 25.8. The standard InChI is InChI=1S/C37H41N5O3/c43-35(26-30-10-3-1-4-11-30)41-22-17-37(18-23-41)16-9-21-40(34-27-38-19-20-39-34)24-25-42(28-31-12-5-2-6-13-31)36(44)32-14-7-8-15-33(32)45-29-37/h1-8,10-15,19-20,27H,9,16-18,21-26,28-29H2. The Morgan fingerprint density at radius 1 is 0.778 bits per heavy atom. The first-order valence-corrected chi connectivity index (χ1v) is 16.0. The van der Waals surface area contributed by atoms with E-state index in [9.17, 15) is 9.59 Å². The molecule has 3 heterocycles. The van der Waals surface area contributed by atoms with Gasteiger partial charge in [0, 0.05) is 57.1 Å². The van der Waals surface area contributed by atoms with Crippen molar-refractivity contribution in [2.24, 2.45) is 5.41 Å². The number of ether oxygens (including phenoxy) is 1. The fourth-order valence-corrected chi connectivity index (χ4v) is 6.49. The molecule has 4 aromatic rings. The van der Waals surface area contributed by atoms with Gasteiger partial charge in [-0.3, -0.25) is 14.6 Å². The third-order valence-electron chi connectivity index (χ3n) is 9.18. The molecule has 0 unspecified atom stereocenters. The number of anilines is 1. The van der Waals surface area contributed by atoms with Crippen LogP contribution in [0.5, 0.6) is 5.75 Å². The summed E-state index contributed by atoms with van der Waals surface area (Å²) >= 11 is 0. The first-order chi connectivity index (χ1) is 22.1. The minimum absolute atomic E-state index is 0.0526. The number of aromatic nitrogens is 2. The van der Waals surface area contributed by atoms with Gasteiger partial charge < -0.3 is 19.4 Å². The van der Waals surface area contributed by atoms with E-state index in [2.05, 4.69) is 27.0 Å². The summed E-state index contributed by atoms with van der Waals surface area (Å²) in [5.74, 6) is 1.55. The Morgan fingerprint density at radius 2 is 1.49 bits per heavy atom. The number of piperidine rings is 1. The van der Waals surface area contributed by atoms with Crippen LogP contribution in [0.3, 0.4) is 0 Å². The summed E-state index contributed by atoms with van der Waals surface area (Å²) in [7, 11) is 0. The zero-order valence-corrected chi connectivity index (χ0v) is 25.8. The molecule has 2 amide bonds. The largest absolute Gasteiger partial charge is 0.492 e. The van der Waals surface area contributed by atoms with Crippen LogP contribution in [0.1, 0.15) is 47.2 Å². The second kappa shape index (κ2) is 14.4. The van der Waals surface area contributed by atoms with E-state index in [0.29, 0.717) is 57.1 Å². The van der Waals surface area contributed by atoms with Crippen LogP contribution in [0.2, 0.25) is 0 Å². The molecule has 8 heteroatoms. The Bertz CT molecular complexity index is 1540. The number of benzene rings is 3. The second-order valence-electron chi connectivity index (χ2n) is 12.2. The normalized spacial score (nSPS) is 17.4. The van der Waals surface area contributed by atoms with Crippen molar-refractivity contribution in [3.05, 3.63) is 120 Å². The molecule has 45 heavy (non-hydrogen) atoms. The van der Waals surface area contributed by atoms with Crippen LogP contribution in [-0.4, -0.2) is 70.9 Å². The number of likely N-dealkylation sites (tertiary alicyclic amines) is 1. The Kier molecular flexibility index (Phi) is 9.68. The van der Waals surface area contributed by atoms with Gasteiger partial charge in [-0.2, -0.15) is 0 Å². The van der Waals surface area contributed by atoms with Gasteiger partial charge in [0.1, 0.15) is 11.6 Å². The summed E-state index contributed by atoms with van der Waals surface area (Å²) in [6.45, 7) is 4.36. The predicted molar refractivity (Wildman–Crippen MR) is 175 cm³/mol. The Hall–Kier alpha value is -4.72. The molecule has 0 bridgehead atoms. The molecule has 3 aromatic carbocycles. The van der Waals surface area contributed by atoms with Crippen LogP contribution in [0.15, 0.2) is 104 Å². The first kappa shape index (κ1) is 30.3. The molecule has 2 aliphatic heterocycles. The van der Waals surface area contributed by atoms with Gasteiger partial charge in [0.25, 0.3) is 5.91 Å². The lowest BCUT2D eigenvalue weighted by atomic mass is 9.75. The molecule has 0 atom stereocenters. The topological polar surface area (TPSA) is 78.9 Å². The SMILES string of the molecule is O=C(Cc1ccccc1)N1CCC2(CCCN(c3cnccn3)CCN(Cc3ccccc3)C(=O)c3ccccc3OC2)CC1. The highest BCUT2D eigenvalue weighted by Gasteiger charge is 2.37. The molecule has 0 aliphatic carbocycles. The smallest absolute Gasteiger partial charge is 0.257 e. The number of rotatable bonds is 5. The molecular weight excluding hydrogens is 562 g/mol. The quantitative estimate of drug-likeness (QED) is 0.294. The maximum Gasteiger partial charge on any atom is 0.257 e. The number of carbonyl (C=O) groups excluding carboxylic acids is 2. The van der Waals surface area contributed by atoms with Gasteiger partial charge in [-0.15, -0.1) is 0 Å². The van der Waals surface area contributed by atoms with Gasteiger partial charge >= 0.3 is 0 Å². The number of carbonyl (C=O) groups is 2. The highest BCUT2D eigenvalue weighted by molar-refractivity contribution is 5.97. The number of para-hydroxylation sites is 1. The number of hydrogen-bond acceptors (Lipinski definition) is 6. The highest BCUT2D eigenvalue weighted by atomic mass is 16.5. The van der Waals surface area contributed by atoms with E-state index in [-0.39, 0.29) is 17.2 Å². The molecule has 1 saturated heterocycles. The van der Waals surface area contributed by atoms with E-state index in [1.807, 2.05) is 82.6 Å². The summed E-state index contributed by atoms with van der Waals surface area (Å²) in [6.07, 6.45) is 9.23. The average molecular weight is 604 g/mol. The van der Waals surface area contributed by atoms with Crippen LogP contribution in [0.4, 0.5) is 5.82 Å². The van der Waals surface area contributed by atoms with Crippen LogP contribution in [0.25, 0.3) is 0 Å². The highest BCUT2D eigenvalue weighted by Crippen LogP contribution is 2.38. The molecule has 0 N–H and O–H groups in total. The zero-order chi connectivity index (χ0) is 30.9. The summed E-state index contributed by atoms with van der Waals surface area (Å²) < 4.78 is 6.58. The van der Waals surface area contributed by atoms with Crippen molar-refractivity contribution in [2.75, 3.05) is 44.2 Å². The second-order valence-corrected chi connectivity index (χ2v) is 12.2. The molecule has 1 aromatic heterocycles. The summed E-state index contributed by atoms with van der Waals surface area (Å²) in [6, 6.07) is 27.7. The number of hydrogen-bond donors (Lipinski definition) is 0. The fourth-order valence-electron chi connectivity index (χ4n) is 6.49. The van der Waals surface area contributed by atoms with Crippen LogP contribution in [0, 0.1) is 5.41 Å². The lowest BCUT2D eigenvalue weighted by Gasteiger charge is -2.42. The lowest BCUT2D eigenvalue weighted by Crippen LogP contribution is -2.46. The van der Waals surface area contributed by atoms with Crippen LogP contribution < -0.4 is 9.64 Å². The monoisotopic (exact) mass is 603 g/mol. The summed E-state index contributed by atoms with van der Waals surface area (Å²) in [5.41, 5.74) is 2.59. The van der Waals surface area contributed by atoms with E-state index in [1.54, 1.807) is 18.6 Å². The van der Waals surface area contributed by atoms with Crippen molar-refractivity contribution < 1.29 is 14.3 Å². The maximum absolute atomic E-state index is 14.2. The van der Waals surface area contributed by atoms with E-state index >= 15 is 0 Å². The van der Waals surface area contributed by atoms with Crippen molar-refractivity contribution in [3.63, 3.8) is 0 Å². The minimum Gasteiger partial charge on any atom is -0.492 e. The molecule has 1 spiro atoms. The van der Waals surface area contributed by atoms with Crippen LogP contribution in [-0.2, 0) is 17.8 Å². The third-order valence-corrected chi connectivity index (χ3v) is 9.18. The van der Waals surface area contributed by atoms with Gasteiger partial charge in [-0.25, -0.2) is 4.98 Å². The molecule has 6 rings (SSSR count). The van der Waals surface area contributed by atoms with E-state index < -0.39 is 0 Å². The molecule has 0 radical (unpaired) electrons. The molecule has 2 aliphatic rings. The third kappa shape index (κ3) is 7.69. The molecule has 1 fully saturated rings. The van der Waals surface area contributed by atoms with Gasteiger partial charge in [0.15, 0.2) is 0 Å². The van der Waals surface area contributed by atoms with Gasteiger partial charge in [0.05, 0.1) is 24.8 Å². The average Bonchev–Trinajstić information content (AvgIpc) is 3.10. The Labute approximate surface area is 265 Å². The number of fused-ring (bicyclic) bond motifs is 1. The Morgan fingerprint density at radius 3 is 2.22 bits per heavy atom. The van der Waals surface area contributed by atoms with E-state index in [1.165, 1.54) is 0 Å². The van der Waals surface area contributed by atoms with Crippen molar-refractivity contribution >= 4 is 17.6 Å². The summed E-state index contributed by atoms with van der Waals surface area (Å²) in [4.78, 5) is 42.5. The number of nitrogens with zero attached hydrogens (tertiary/aromatic N) is 5. The van der Waals surface area contributed by atoms with Gasteiger partial charge in [-0.05, 0) is 48.9 Å². The fraction of sp³-hybridized carbons (Fsp3) is 0.351.